The van der Waals surface area contributed by atoms with Gasteiger partial charge >= 0.3 is 0 Å². The van der Waals surface area contributed by atoms with Crippen LogP contribution in [0.5, 0.6) is 11.5 Å². The van der Waals surface area contributed by atoms with E-state index in [2.05, 4.69) is 12.2 Å². The normalized spacial score (nSPS) is 22.2. The highest BCUT2D eigenvalue weighted by molar-refractivity contribution is 6.31. The molecule has 0 saturated carbocycles. The van der Waals surface area contributed by atoms with Gasteiger partial charge in [-0.1, -0.05) is 18.5 Å². The van der Waals surface area contributed by atoms with Crippen LogP contribution in [0.15, 0.2) is 6.07 Å². The largest absolute Gasteiger partial charge is 0.486 e. The van der Waals surface area contributed by atoms with Crippen LogP contribution in [0.4, 0.5) is 0 Å². The fourth-order valence-corrected chi connectivity index (χ4v) is 3.24. The van der Waals surface area contributed by atoms with Gasteiger partial charge in [-0.2, -0.15) is 0 Å². The second-order valence-electron chi connectivity index (χ2n) is 4.78. The summed E-state index contributed by atoms with van der Waals surface area (Å²) in [5.74, 6) is 1.70. The number of fused-ring (bicyclic) bond motifs is 1. The van der Waals surface area contributed by atoms with Crippen LogP contribution in [0.2, 0.25) is 5.02 Å². The Morgan fingerprint density at radius 2 is 2.22 bits per heavy atom. The summed E-state index contributed by atoms with van der Waals surface area (Å²) in [6, 6.07) is 2.27. The molecule has 4 heteroatoms. The first-order valence-corrected chi connectivity index (χ1v) is 7.03. The molecule has 0 aromatic heterocycles. The van der Waals surface area contributed by atoms with Gasteiger partial charge in [-0.15, -0.1) is 0 Å². The average molecular weight is 268 g/mol. The van der Waals surface area contributed by atoms with Crippen molar-refractivity contribution < 1.29 is 9.47 Å². The summed E-state index contributed by atoms with van der Waals surface area (Å²) in [7, 11) is 0. The zero-order valence-electron chi connectivity index (χ0n) is 10.6. The number of hydrogen-bond donors (Lipinski definition) is 1. The van der Waals surface area contributed by atoms with Crippen LogP contribution in [0.1, 0.15) is 36.9 Å². The van der Waals surface area contributed by atoms with Crippen LogP contribution in [0.25, 0.3) is 0 Å². The predicted molar refractivity (Wildman–Crippen MR) is 71.8 cm³/mol. The lowest BCUT2D eigenvalue weighted by molar-refractivity contribution is 0.169. The summed E-state index contributed by atoms with van der Waals surface area (Å²) < 4.78 is 11.4. The van der Waals surface area contributed by atoms with Crippen LogP contribution in [0.3, 0.4) is 0 Å². The molecule has 1 aromatic carbocycles. The summed E-state index contributed by atoms with van der Waals surface area (Å²) in [6.07, 6.45) is 3.27. The highest BCUT2D eigenvalue weighted by Crippen LogP contribution is 2.44. The number of benzene rings is 1. The van der Waals surface area contributed by atoms with Gasteiger partial charge < -0.3 is 14.8 Å². The third-order valence-corrected chi connectivity index (χ3v) is 4.00. The SMILES string of the molecule is CCc1c2c(cc(Cl)c1C1CCCN1)OCCO2. The van der Waals surface area contributed by atoms with Crippen molar-refractivity contribution in [2.45, 2.75) is 32.2 Å². The van der Waals surface area contributed by atoms with Crippen LogP contribution in [-0.2, 0) is 6.42 Å². The van der Waals surface area contributed by atoms with Crippen LogP contribution < -0.4 is 14.8 Å². The number of hydrogen-bond acceptors (Lipinski definition) is 3. The van der Waals surface area contributed by atoms with E-state index in [-0.39, 0.29) is 0 Å². The molecule has 1 unspecified atom stereocenters. The van der Waals surface area contributed by atoms with Crippen molar-refractivity contribution in [3.63, 3.8) is 0 Å². The number of halogens is 1. The molecule has 1 atom stereocenters. The molecule has 0 amide bonds. The molecule has 3 rings (SSSR count). The zero-order valence-corrected chi connectivity index (χ0v) is 11.3. The fraction of sp³-hybridized carbons (Fsp3) is 0.571. The summed E-state index contributed by atoms with van der Waals surface area (Å²) in [6.45, 7) is 4.44. The van der Waals surface area contributed by atoms with E-state index in [0.717, 1.165) is 35.9 Å². The highest BCUT2D eigenvalue weighted by Gasteiger charge is 2.27. The molecule has 1 N–H and O–H groups in total. The Hall–Kier alpha value is -0.930. The monoisotopic (exact) mass is 267 g/mol. The van der Waals surface area contributed by atoms with Crippen molar-refractivity contribution in [3.8, 4) is 11.5 Å². The van der Waals surface area contributed by atoms with E-state index in [1.165, 1.54) is 17.5 Å². The molecule has 1 aromatic rings. The van der Waals surface area contributed by atoms with Crippen molar-refractivity contribution in [1.82, 2.24) is 5.32 Å². The molecular formula is C14H18ClNO2. The van der Waals surface area contributed by atoms with Gasteiger partial charge in [-0.05, 0) is 31.4 Å². The minimum Gasteiger partial charge on any atom is -0.486 e. The summed E-state index contributed by atoms with van der Waals surface area (Å²) in [4.78, 5) is 0. The van der Waals surface area contributed by atoms with Crippen LogP contribution in [-0.4, -0.2) is 19.8 Å². The van der Waals surface area contributed by atoms with E-state index in [1.807, 2.05) is 6.07 Å². The topological polar surface area (TPSA) is 30.5 Å². The predicted octanol–water partition coefficient (Wildman–Crippen LogP) is 3.10. The van der Waals surface area contributed by atoms with Gasteiger partial charge in [0, 0.05) is 22.7 Å². The molecule has 1 fully saturated rings. The number of nitrogens with one attached hydrogen (secondary N) is 1. The molecular weight excluding hydrogens is 250 g/mol. The van der Waals surface area contributed by atoms with Gasteiger partial charge in [-0.3, -0.25) is 0 Å². The first-order valence-electron chi connectivity index (χ1n) is 6.65. The first kappa shape index (κ1) is 12.1. The lowest BCUT2D eigenvalue weighted by Gasteiger charge is -2.26. The van der Waals surface area contributed by atoms with E-state index in [9.17, 15) is 0 Å². The maximum absolute atomic E-state index is 6.45. The standard InChI is InChI=1S/C14H18ClNO2/c1-2-9-13(11-4-3-5-16-11)10(15)8-12-14(9)18-7-6-17-12/h8,11,16H,2-7H2,1H3. The quantitative estimate of drug-likeness (QED) is 0.893. The molecule has 0 aliphatic carbocycles. The van der Waals surface area contributed by atoms with Gasteiger partial charge in [-0.25, -0.2) is 0 Å². The molecule has 1 saturated heterocycles. The molecule has 0 spiro atoms. The van der Waals surface area contributed by atoms with Crippen molar-refractivity contribution in [3.05, 3.63) is 22.2 Å². The Labute approximate surface area is 112 Å². The van der Waals surface area contributed by atoms with Crippen LogP contribution >= 0.6 is 11.6 Å². The minimum atomic E-state index is 0.364. The van der Waals surface area contributed by atoms with Gasteiger partial charge in [0.25, 0.3) is 0 Å². The molecule has 2 heterocycles. The lowest BCUT2D eigenvalue weighted by atomic mass is 9.95. The van der Waals surface area contributed by atoms with E-state index < -0.39 is 0 Å². The van der Waals surface area contributed by atoms with E-state index in [0.29, 0.717) is 19.3 Å². The van der Waals surface area contributed by atoms with Crippen LogP contribution in [0, 0.1) is 0 Å². The summed E-state index contributed by atoms with van der Waals surface area (Å²) >= 11 is 6.45. The van der Waals surface area contributed by atoms with Crippen molar-refractivity contribution in [2.75, 3.05) is 19.8 Å². The van der Waals surface area contributed by atoms with Gasteiger partial charge in [0.1, 0.15) is 13.2 Å². The van der Waals surface area contributed by atoms with Crippen molar-refractivity contribution >= 4 is 11.6 Å². The second-order valence-corrected chi connectivity index (χ2v) is 5.18. The average Bonchev–Trinajstić information content (AvgIpc) is 2.90. The Morgan fingerprint density at radius 3 is 2.94 bits per heavy atom. The number of rotatable bonds is 2. The Bertz CT molecular complexity index is 456. The zero-order chi connectivity index (χ0) is 12.5. The molecule has 2 aliphatic rings. The molecule has 3 nitrogen and oxygen atoms in total. The van der Waals surface area contributed by atoms with Gasteiger partial charge in [0.05, 0.1) is 0 Å². The summed E-state index contributed by atoms with van der Waals surface area (Å²) in [5.41, 5.74) is 2.41. The first-order chi connectivity index (χ1) is 8.81. The molecule has 18 heavy (non-hydrogen) atoms. The van der Waals surface area contributed by atoms with Gasteiger partial charge in [0.2, 0.25) is 0 Å². The smallest absolute Gasteiger partial charge is 0.164 e. The second kappa shape index (κ2) is 4.98. The molecule has 0 bridgehead atoms. The van der Waals surface area contributed by atoms with Gasteiger partial charge in [0.15, 0.2) is 11.5 Å². The van der Waals surface area contributed by atoms with Crippen molar-refractivity contribution in [2.24, 2.45) is 0 Å². The van der Waals surface area contributed by atoms with E-state index in [1.54, 1.807) is 0 Å². The Morgan fingerprint density at radius 1 is 1.39 bits per heavy atom. The van der Waals surface area contributed by atoms with E-state index in [4.69, 9.17) is 21.1 Å². The maximum Gasteiger partial charge on any atom is 0.164 e. The third kappa shape index (κ3) is 1.95. The van der Waals surface area contributed by atoms with Crippen molar-refractivity contribution in [1.29, 1.82) is 0 Å². The summed E-state index contributed by atoms with van der Waals surface area (Å²) in [5, 5.41) is 4.32. The van der Waals surface area contributed by atoms with E-state index >= 15 is 0 Å². The third-order valence-electron chi connectivity index (χ3n) is 3.69. The number of ether oxygens (including phenoxy) is 2. The maximum atomic E-state index is 6.45. The lowest BCUT2D eigenvalue weighted by Crippen LogP contribution is -2.20. The fourth-order valence-electron chi connectivity index (χ4n) is 2.89. The minimum absolute atomic E-state index is 0.364. The Kier molecular flexibility index (Phi) is 3.35. The molecule has 2 aliphatic heterocycles. The highest BCUT2D eigenvalue weighted by atomic mass is 35.5. The molecule has 98 valence electrons. The molecule has 0 radical (unpaired) electrons. The Balaban J connectivity index is 2.11.